The second-order valence-corrected chi connectivity index (χ2v) is 8.33. The van der Waals surface area contributed by atoms with E-state index in [4.69, 9.17) is 0 Å². The smallest absolute Gasteiger partial charge is 0.253 e. The van der Waals surface area contributed by atoms with Gasteiger partial charge in [-0.25, -0.2) is 0 Å². The van der Waals surface area contributed by atoms with E-state index < -0.39 is 0 Å². The van der Waals surface area contributed by atoms with Crippen LogP contribution in [0.1, 0.15) is 49.0 Å². The molecule has 1 aliphatic heterocycles. The summed E-state index contributed by atoms with van der Waals surface area (Å²) in [5, 5.41) is 0. The highest BCUT2D eigenvalue weighted by Crippen LogP contribution is 2.40. The lowest BCUT2D eigenvalue weighted by molar-refractivity contribution is -0.134. The van der Waals surface area contributed by atoms with Crippen LogP contribution in [0.25, 0.3) is 0 Å². The van der Waals surface area contributed by atoms with Gasteiger partial charge in [-0.15, -0.1) is 0 Å². The molecule has 0 bridgehead atoms. The molecule has 1 heterocycles. The van der Waals surface area contributed by atoms with E-state index in [0.717, 1.165) is 31.4 Å². The fourth-order valence-corrected chi connectivity index (χ4v) is 4.43. The Hall–Kier alpha value is -1.84. The maximum Gasteiger partial charge on any atom is 0.253 e. The van der Waals surface area contributed by atoms with Crippen LogP contribution in [0.15, 0.2) is 24.3 Å². The Morgan fingerprint density at radius 2 is 1.84 bits per heavy atom. The summed E-state index contributed by atoms with van der Waals surface area (Å²) in [6.07, 6.45) is 3.65. The van der Waals surface area contributed by atoms with Crippen molar-refractivity contribution in [1.29, 1.82) is 0 Å². The van der Waals surface area contributed by atoms with Crippen LogP contribution >= 0.6 is 0 Å². The molecule has 1 aromatic carbocycles. The Kier molecular flexibility index (Phi) is 5.16. The predicted octanol–water partition coefficient (Wildman–Crippen LogP) is 3.21. The molecule has 0 unspecified atom stereocenters. The third-order valence-corrected chi connectivity index (χ3v) is 5.90. The summed E-state index contributed by atoms with van der Waals surface area (Å²) >= 11 is 0. The van der Waals surface area contributed by atoms with Gasteiger partial charge in [0.1, 0.15) is 0 Å². The molecule has 136 valence electrons. The third kappa shape index (κ3) is 3.88. The zero-order valence-electron chi connectivity index (χ0n) is 15.9. The van der Waals surface area contributed by atoms with Crippen LogP contribution in [0, 0.1) is 17.8 Å². The average molecular weight is 342 g/mol. The lowest BCUT2D eigenvalue weighted by Gasteiger charge is -2.31. The normalized spacial score (nSPS) is 26.0. The molecule has 25 heavy (non-hydrogen) atoms. The second kappa shape index (κ2) is 7.19. The zero-order chi connectivity index (χ0) is 18.1. The van der Waals surface area contributed by atoms with Crippen LogP contribution in [0.3, 0.4) is 0 Å². The molecule has 3 rings (SSSR count). The number of likely N-dealkylation sites (tertiary alicyclic amines) is 1. The second-order valence-electron chi connectivity index (χ2n) is 8.33. The van der Waals surface area contributed by atoms with Gasteiger partial charge >= 0.3 is 0 Å². The molecule has 1 aliphatic carbocycles. The summed E-state index contributed by atoms with van der Waals surface area (Å²) in [4.78, 5) is 28.5. The third-order valence-electron chi connectivity index (χ3n) is 5.90. The summed E-state index contributed by atoms with van der Waals surface area (Å²) in [6.45, 7) is 5.25. The number of carbonyl (C=O) groups is 2. The molecular weight excluding hydrogens is 312 g/mol. The Balaban J connectivity index is 1.64. The monoisotopic (exact) mass is 342 g/mol. The van der Waals surface area contributed by atoms with Gasteiger partial charge in [-0.05, 0) is 54.7 Å². The van der Waals surface area contributed by atoms with Crippen LogP contribution < -0.4 is 0 Å². The molecule has 2 aliphatic rings. The van der Waals surface area contributed by atoms with Crippen LogP contribution in [-0.4, -0.2) is 48.3 Å². The number of amides is 2. The number of hydrogen-bond acceptors (Lipinski definition) is 2. The van der Waals surface area contributed by atoms with Gasteiger partial charge in [0.05, 0.1) is 0 Å². The lowest BCUT2D eigenvalue weighted by Crippen LogP contribution is -2.39. The summed E-state index contributed by atoms with van der Waals surface area (Å²) in [5.74, 6) is 1.94. The molecule has 1 aromatic rings. The number of hydrogen-bond donors (Lipinski definition) is 0. The molecule has 0 N–H and O–H groups in total. The van der Waals surface area contributed by atoms with Gasteiger partial charge in [-0.1, -0.05) is 26.0 Å². The minimum atomic E-state index is 0.0967. The number of piperidine rings is 1. The lowest BCUT2D eigenvalue weighted by atomic mass is 9.88. The van der Waals surface area contributed by atoms with E-state index in [2.05, 4.69) is 26.0 Å². The highest BCUT2D eigenvalue weighted by Gasteiger charge is 2.42. The first-order valence-electron chi connectivity index (χ1n) is 9.45. The van der Waals surface area contributed by atoms with E-state index in [1.807, 2.05) is 36.0 Å². The van der Waals surface area contributed by atoms with Crippen LogP contribution in [0.2, 0.25) is 0 Å². The maximum absolute atomic E-state index is 12.8. The molecule has 0 aromatic heterocycles. The summed E-state index contributed by atoms with van der Waals surface area (Å²) in [6, 6.07) is 8.30. The van der Waals surface area contributed by atoms with E-state index in [-0.39, 0.29) is 17.9 Å². The minimum Gasteiger partial charge on any atom is -0.345 e. The van der Waals surface area contributed by atoms with Gasteiger partial charge in [-0.2, -0.15) is 0 Å². The van der Waals surface area contributed by atoms with Crippen LogP contribution in [0.5, 0.6) is 0 Å². The molecule has 2 amide bonds. The first kappa shape index (κ1) is 18.0. The molecule has 1 saturated carbocycles. The maximum atomic E-state index is 12.8. The van der Waals surface area contributed by atoms with Gasteiger partial charge in [0.25, 0.3) is 5.91 Å². The highest BCUT2D eigenvalue weighted by atomic mass is 16.2. The first-order chi connectivity index (χ1) is 11.8. The van der Waals surface area contributed by atoms with Gasteiger partial charge in [0, 0.05) is 38.7 Å². The average Bonchev–Trinajstić information content (AvgIpc) is 2.97. The minimum absolute atomic E-state index is 0.0967. The summed E-state index contributed by atoms with van der Waals surface area (Å²) in [5.41, 5.74) is 2.04. The molecule has 1 saturated heterocycles. The Morgan fingerprint density at radius 3 is 2.48 bits per heavy atom. The van der Waals surface area contributed by atoms with Crippen LogP contribution in [-0.2, 0) is 11.2 Å². The van der Waals surface area contributed by atoms with Crippen molar-refractivity contribution in [2.45, 2.75) is 45.6 Å². The quantitative estimate of drug-likeness (QED) is 0.843. The molecular formula is C21H30N2O2. The molecule has 2 fully saturated rings. The number of rotatable bonds is 4. The number of carbonyl (C=O) groups excluding carboxylic acids is 2. The largest absolute Gasteiger partial charge is 0.345 e. The number of fused-ring (bicyclic) bond motifs is 1. The van der Waals surface area contributed by atoms with Crippen LogP contribution in [0.4, 0.5) is 0 Å². The number of benzene rings is 1. The van der Waals surface area contributed by atoms with Crippen molar-refractivity contribution in [1.82, 2.24) is 9.80 Å². The van der Waals surface area contributed by atoms with Crippen molar-refractivity contribution in [3.63, 3.8) is 0 Å². The Morgan fingerprint density at radius 1 is 1.20 bits per heavy atom. The summed E-state index contributed by atoms with van der Waals surface area (Å²) in [7, 11) is 3.80. The van der Waals surface area contributed by atoms with Crippen molar-refractivity contribution in [2.75, 3.05) is 20.6 Å². The predicted molar refractivity (Wildman–Crippen MR) is 99.3 cm³/mol. The first-order valence-corrected chi connectivity index (χ1v) is 9.45. The summed E-state index contributed by atoms with van der Waals surface area (Å²) < 4.78 is 0. The highest BCUT2D eigenvalue weighted by molar-refractivity contribution is 5.94. The van der Waals surface area contributed by atoms with Gasteiger partial charge in [-0.3, -0.25) is 9.59 Å². The van der Waals surface area contributed by atoms with E-state index in [9.17, 15) is 9.59 Å². The van der Waals surface area contributed by atoms with Gasteiger partial charge in [0.2, 0.25) is 5.91 Å². The van der Waals surface area contributed by atoms with Gasteiger partial charge < -0.3 is 9.80 Å². The Labute approximate surface area is 151 Å². The van der Waals surface area contributed by atoms with E-state index >= 15 is 0 Å². The molecule has 3 atom stereocenters. The van der Waals surface area contributed by atoms with Crippen molar-refractivity contribution in [2.24, 2.45) is 17.8 Å². The van der Waals surface area contributed by atoms with E-state index in [1.54, 1.807) is 0 Å². The standard InChI is InChI=1S/C21H30N2O2/c1-14(2)9-15-5-7-16(8-6-15)21(25)23(4)19-10-17-12-20(24)22(3)13-18(17)11-19/h5-8,14,17-19H,9-13H2,1-4H3/t17-,18+,19-/m0/s1. The Bertz CT molecular complexity index is 638. The SMILES string of the molecule is CC(C)Cc1ccc(C(=O)N(C)[C@H]2C[C@H]3CC(=O)N(C)C[C@H]3C2)cc1. The fourth-order valence-electron chi connectivity index (χ4n) is 4.43. The van der Waals surface area contributed by atoms with Crippen molar-refractivity contribution < 1.29 is 9.59 Å². The zero-order valence-corrected chi connectivity index (χ0v) is 15.9. The molecule has 0 radical (unpaired) electrons. The molecule has 0 spiro atoms. The number of nitrogens with zero attached hydrogens (tertiary/aromatic N) is 2. The van der Waals surface area contributed by atoms with Crippen molar-refractivity contribution >= 4 is 11.8 Å². The fraction of sp³-hybridized carbons (Fsp3) is 0.619. The van der Waals surface area contributed by atoms with Crippen molar-refractivity contribution in [3.05, 3.63) is 35.4 Å². The molecule has 4 nitrogen and oxygen atoms in total. The van der Waals surface area contributed by atoms with Crippen molar-refractivity contribution in [3.8, 4) is 0 Å². The topological polar surface area (TPSA) is 40.6 Å². The van der Waals surface area contributed by atoms with Gasteiger partial charge in [0.15, 0.2) is 0 Å². The van der Waals surface area contributed by atoms with E-state index in [0.29, 0.717) is 24.2 Å². The molecule has 4 heteroatoms. The van der Waals surface area contributed by atoms with E-state index in [1.165, 1.54) is 5.56 Å².